The maximum Gasteiger partial charge on any atom is 0.359 e. The van der Waals surface area contributed by atoms with Gasteiger partial charge >= 0.3 is 12.0 Å². The fourth-order valence-electron chi connectivity index (χ4n) is 2.82. The third kappa shape index (κ3) is 5.33. The molecule has 160 valence electrons. The summed E-state index contributed by atoms with van der Waals surface area (Å²) >= 11 is 0. The minimum absolute atomic E-state index is 0.119. The normalized spacial score (nSPS) is 11.1. The zero-order chi connectivity index (χ0) is 22.6. The van der Waals surface area contributed by atoms with Crippen molar-refractivity contribution in [3.8, 4) is 5.69 Å². The topological polar surface area (TPSA) is 119 Å². The van der Waals surface area contributed by atoms with Crippen molar-refractivity contribution in [3.63, 3.8) is 0 Å². The Labute approximate surface area is 178 Å². The van der Waals surface area contributed by atoms with Crippen LogP contribution in [0.4, 0.5) is 4.79 Å². The number of urea groups is 1. The predicted molar refractivity (Wildman–Crippen MR) is 114 cm³/mol. The number of fused-ring (bicyclic) bond motifs is 1. The van der Waals surface area contributed by atoms with E-state index in [0.29, 0.717) is 11.1 Å². The Hall–Kier alpha value is -4.01. The lowest BCUT2D eigenvalue weighted by atomic mass is 10.1. The fraction of sp³-hybridized carbons (Fsp3) is 0.227. The molecule has 0 fully saturated rings. The van der Waals surface area contributed by atoms with Crippen LogP contribution in [0.15, 0.2) is 59.4 Å². The van der Waals surface area contributed by atoms with E-state index in [1.807, 2.05) is 0 Å². The lowest BCUT2D eigenvalue weighted by Crippen LogP contribution is -2.49. The van der Waals surface area contributed by atoms with Crippen molar-refractivity contribution in [1.29, 1.82) is 0 Å². The predicted octanol–water partition coefficient (Wildman–Crippen LogP) is 2.17. The number of rotatable bonds is 4. The molecule has 3 amide bonds. The maximum absolute atomic E-state index is 12.8. The number of ether oxygens (including phenoxy) is 1. The van der Waals surface area contributed by atoms with Crippen LogP contribution in [0.5, 0.6) is 0 Å². The maximum atomic E-state index is 12.8. The summed E-state index contributed by atoms with van der Waals surface area (Å²) in [5.41, 5.74) is -0.570. The van der Waals surface area contributed by atoms with Crippen molar-refractivity contribution in [2.24, 2.45) is 0 Å². The second-order valence-corrected chi connectivity index (χ2v) is 7.78. The number of benzene rings is 2. The molecule has 0 bridgehead atoms. The lowest BCUT2D eigenvalue weighted by Gasteiger charge is -2.20. The Morgan fingerprint density at radius 2 is 1.58 bits per heavy atom. The third-order valence-electron chi connectivity index (χ3n) is 4.07. The highest BCUT2D eigenvalue weighted by atomic mass is 16.5. The number of aromatic nitrogens is 2. The van der Waals surface area contributed by atoms with Gasteiger partial charge in [0, 0.05) is 10.9 Å². The second-order valence-electron chi connectivity index (χ2n) is 7.78. The highest BCUT2D eigenvalue weighted by Gasteiger charge is 2.21. The third-order valence-corrected chi connectivity index (χ3v) is 4.07. The molecule has 0 aliphatic rings. The van der Waals surface area contributed by atoms with Gasteiger partial charge in [0.2, 0.25) is 0 Å². The number of carbonyl (C=O) groups is 3. The van der Waals surface area contributed by atoms with Crippen molar-refractivity contribution >= 4 is 28.7 Å². The molecule has 0 radical (unpaired) electrons. The molecule has 0 unspecified atom stereocenters. The van der Waals surface area contributed by atoms with Crippen LogP contribution >= 0.6 is 0 Å². The number of esters is 1. The first-order valence-electron chi connectivity index (χ1n) is 9.52. The van der Waals surface area contributed by atoms with E-state index in [2.05, 4.69) is 15.7 Å². The van der Waals surface area contributed by atoms with Crippen LogP contribution < -0.4 is 16.2 Å². The fourth-order valence-corrected chi connectivity index (χ4v) is 2.82. The monoisotopic (exact) mass is 422 g/mol. The van der Waals surface area contributed by atoms with Crippen LogP contribution in [0.2, 0.25) is 0 Å². The van der Waals surface area contributed by atoms with Crippen LogP contribution in [0.3, 0.4) is 0 Å². The molecule has 2 aromatic carbocycles. The molecule has 0 atom stereocenters. The Bertz CT molecular complexity index is 1200. The van der Waals surface area contributed by atoms with Crippen molar-refractivity contribution in [1.82, 2.24) is 20.4 Å². The summed E-state index contributed by atoms with van der Waals surface area (Å²) in [7, 11) is 0. The van der Waals surface area contributed by atoms with Gasteiger partial charge < -0.3 is 10.1 Å². The van der Waals surface area contributed by atoms with Crippen LogP contribution in [0.1, 0.15) is 31.3 Å². The molecule has 9 heteroatoms. The SMILES string of the molecule is CC(C)(C)NC(=O)NC(=O)COC(=O)c1nn(-c2ccccc2)c(=O)c2ccccc12. The Morgan fingerprint density at radius 3 is 2.23 bits per heavy atom. The quantitative estimate of drug-likeness (QED) is 0.622. The standard InChI is InChI=1S/C22H22N4O5/c1-22(2,3)24-21(30)23-17(27)13-31-20(29)18-15-11-7-8-12-16(15)19(28)26(25-18)14-9-5-4-6-10-14/h4-12H,13H2,1-3H3,(H2,23,24,27,30). The van der Waals surface area contributed by atoms with E-state index >= 15 is 0 Å². The highest BCUT2D eigenvalue weighted by molar-refractivity contribution is 6.03. The van der Waals surface area contributed by atoms with Crippen LogP contribution in [-0.4, -0.2) is 39.8 Å². The average Bonchev–Trinajstić information content (AvgIpc) is 2.71. The first kappa shape index (κ1) is 21.7. The van der Waals surface area contributed by atoms with Gasteiger partial charge in [0.25, 0.3) is 11.5 Å². The summed E-state index contributed by atoms with van der Waals surface area (Å²) in [5, 5.41) is 9.41. The van der Waals surface area contributed by atoms with Gasteiger partial charge in [-0.15, -0.1) is 0 Å². The molecule has 2 N–H and O–H groups in total. The van der Waals surface area contributed by atoms with Gasteiger partial charge in [-0.05, 0) is 39.0 Å². The Kier molecular flexibility index (Phi) is 6.15. The van der Waals surface area contributed by atoms with E-state index in [9.17, 15) is 19.2 Å². The molecule has 0 aliphatic carbocycles. The number of imide groups is 1. The molecular weight excluding hydrogens is 400 g/mol. The van der Waals surface area contributed by atoms with Gasteiger partial charge in [-0.3, -0.25) is 14.9 Å². The number of nitrogens with zero attached hydrogens (tertiary/aromatic N) is 2. The number of hydrogen-bond acceptors (Lipinski definition) is 6. The average molecular weight is 422 g/mol. The molecule has 0 aliphatic heterocycles. The minimum atomic E-state index is -0.896. The van der Waals surface area contributed by atoms with E-state index in [1.54, 1.807) is 75.4 Å². The van der Waals surface area contributed by atoms with Crippen LogP contribution in [0, 0.1) is 0 Å². The summed E-state index contributed by atoms with van der Waals surface area (Å²) in [6, 6.07) is 14.4. The molecule has 9 nitrogen and oxygen atoms in total. The summed E-state index contributed by atoms with van der Waals surface area (Å²) < 4.78 is 6.16. The number of amides is 3. The molecule has 31 heavy (non-hydrogen) atoms. The molecule has 0 saturated carbocycles. The second kappa shape index (κ2) is 8.78. The van der Waals surface area contributed by atoms with Crippen molar-refractivity contribution in [2.45, 2.75) is 26.3 Å². The van der Waals surface area contributed by atoms with Crippen molar-refractivity contribution < 1.29 is 19.1 Å². The van der Waals surface area contributed by atoms with Crippen molar-refractivity contribution in [3.05, 3.63) is 70.6 Å². The van der Waals surface area contributed by atoms with Crippen molar-refractivity contribution in [2.75, 3.05) is 6.61 Å². The Balaban J connectivity index is 1.84. The molecule has 0 spiro atoms. The molecule has 1 heterocycles. The summed E-state index contributed by atoms with van der Waals surface area (Å²) in [4.78, 5) is 49.3. The van der Waals surface area contributed by atoms with Crippen LogP contribution in [0.25, 0.3) is 16.5 Å². The largest absolute Gasteiger partial charge is 0.451 e. The smallest absolute Gasteiger partial charge is 0.359 e. The first-order chi connectivity index (χ1) is 14.7. The minimum Gasteiger partial charge on any atom is -0.451 e. The summed E-state index contributed by atoms with van der Waals surface area (Å²) in [5.74, 6) is -1.69. The van der Waals surface area contributed by atoms with Gasteiger partial charge in [-0.1, -0.05) is 36.4 Å². The Morgan fingerprint density at radius 1 is 0.968 bits per heavy atom. The molecule has 1 aromatic heterocycles. The summed E-state index contributed by atoms with van der Waals surface area (Å²) in [6.45, 7) is 4.59. The number of carbonyl (C=O) groups excluding carboxylic acids is 3. The molecule has 0 saturated heterocycles. The van der Waals surface area contributed by atoms with E-state index in [0.717, 1.165) is 4.68 Å². The van der Waals surface area contributed by atoms with Gasteiger partial charge in [0.15, 0.2) is 12.3 Å². The van der Waals surface area contributed by atoms with Gasteiger partial charge in [0.05, 0.1) is 11.1 Å². The van der Waals surface area contributed by atoms with Gasteiger partial charge in [0.1, 0.15) is 0 Å². The van der Waals surface area contributed by atoms with Gasteiger partial charge in [-0.2, -0.15) is 9.78 Å². The van der Waals surface area contributed by atoms with Gasteiger partial charge in [-0.25, -0.2) is 9.59 Å². The van der Waals surface area contributed by atoms with E-state index in [-0.39, 0.29) is 11.1 Å². The number of para-hydroxylation sites is 1. The first-order valence-corrected chi connectivity index (χ1v) is 9.52. The van der Waals surface area contributed by atoms with E-state index < -0.39 is 35.6 Å². The zero-order valence-corrected chi connectivity index (χ0v) is 17.3. The highest BCUT2D eigenvalue weighted by Crippen LogP contribution is 2.16. The molecule has 3 rings (SSSR count). The number of nitrogens with one attached hydrogen (secondary N) is 2. The number of hydrogen-bond donors (Lipinski definition) is 2. The molecular formula is C22H22N4O5. The van der Waals surface area contributed by atoms with Crippen LogP contribution in [-0.2, 0) is 9.53 Å². The zero-order valence-electron chi connectivity index (χ0n) is 17.3. The van der Waals surface area contributed by atoms with E-state index in [1.165, 1.54) is 0 Å². The summed E-state index contributed by atoms with van der Waals surface area (Å²) in [6.07, 6.45) is 0. The van der Waals surface area contributed by atoms with E-state index in [4.69, 9.17) is 4.74 Å². The molecule has 3 aromatic rings. The lowest BCUT2D eigenvalue weighted by molar-refractivity contribution is -0.123.